The molecule has 2 unspecified atom stereocenters. The van der Waals surface area contributed by atoms with Crippen LogP contribution in [0.4, 0.5) is 24.7 Å². The zero-order valence-electron chi connectivity index (χ0n) is 14.6. The fourth-order valence-electron chi connectivity index (χ4n) is 3.81. The first kappa shape index (κ1) is 18.5. The molecule has 27 heavy (non-hydrogen) atoms. The van der Waals surface area contributed by atoms with Gasteiger partial charge in [-0.05, 0) is 38.0 Å². The second kappa shape index (κ2) is 6.61. The van der Waals surface area contributed by atoms with Gasteiger partial charge in [0.25, 0.3) is 0 Å². The molecule has 2 aromatic rings. The number of rotatable bonds is 3. The topological polar surface area (TPSA) is 50.3 Å². The Morgan fingerprint density at radius 1 is 1.26 bits per heavy atom. The molecule has 0 spiro atoms. The molecule has 1 aromatic carbocycles. The quantitative estimate of drug-likeness (QED) is 0.827. The van der Waals surface area contributed by atoms with E-state index < -0.39 is 18.0 Å². The van der Waals surface area contributed by atoms with Crippen LogP contribution in [0.25, 0.3) is 0 Å². The van der Waals surface area contributed by atoms with Gasteiger partial charge in [0, 0.05) is 35.6 Å². The maximum absolute atomic E-state index is 14.7. The molecule has 0 amide bonds. The van der Waals surface area contributed by atoms with Crippen LogP contribution in [0.15, 0.2) is 30.7 Å². The van der Waals surface area contributed by atoms with Gasteiger partial charge >= 0.3 is 6.18 Å². The van der Waals surface area contributed by atoms with Gasteiger partial charge in [-0.25, -0.2) is 9.97 Å². The maximum atomic E-state index is 14.7. The van der Waals surface area contributed by atoms with Crippen LogP contribution in [0.5, 0.6) is 0 Å². The van der Waals surface area contributed by atoms with E-state index >= 15 is 0 Å². The first-order valence-corrected chi connectivity index (χ1v) is 9.07. The molecular formula is C18H18ClF3N4O. The Morgan fingerprint density at radius 2 is 2.00 bits per heavy atom. The van der Waals surface area contributed by atoms with Crippen molar-refractivity contribution in [1.29, 1.82) is 0 Å². The summed E-state index contributed by atoms with van der Waals surface area (Å²) in [6, 6.07) is 4.34. The fraction of sp³-hybridized carbons (Fsp3) is 0.444. The third kappa shape index (κ3) is 2.96. The Hall–Kier alpha value is -1.90. The number of likely N-dealkylation sites (tertiary alicyclic amines) is 1. The molecule has 2 atom stereocenters. The molecule has 144 valence electrons. The number of alkyl halides is 3. The zero-order valence-corrected chi connectivity index (χ0v) is 15.3. The second-order valence-corrected chi connectivity index (χ2v) is 7.18. The summed E-state index contributed by atoms with van der Waals surface area (Å²) in [5.74, 6) is 0.0748. The highest BCUT2D eigenvalue weighted by atomic mass is 35.5. The first-order chi connectivity index (χ1) is 12.8. The zero-order chi connectivity index (χ0) is 19.2. The molecule has 0 radical (unpaired) electrons. The molecule has 1 fully saturated rings. The molecule has 3 heterocycles. The molecule has 2 aliphatic rings. The Balaban J connectivity index is 1.92. The number of nitrogens with zero attached hydrogens (tertiary/aromatic N) is 3. The lowest BCUT2D eigenvalue weighted by Gasteiger charge is -2.43. The van der Waals surface area contributed by atoms with E-state index in [4.69, 9.17) is 16.3 Å². The van der Waals surface area contributed by atoms with Crippen LogP contribution in [0.1, 0.15) is 30.9 Å². The van der Waals surface area contributed by atoms with Crippen molar-refractivity contribution in [2.24, 2.45) is 0 Å². The van der Waals surface area contributed by atoms with E-state index in [1.165, 1.54) is 24.5 Å². The summed E-state index contributed by atoms with van der Waals surface area (Å²) < 4.78 is 49.8. The SMILES string of the molecule is CC(OC1(C(F)(F)F)c2cc(Cl)ccc2Nc2ncncc21)N1CCCC1. The standard InChI is InChI=1S/C18H18ClF3N4O/c1-11(26-6-2-3-7-26)27-17(18(20,21)22)13-8-12(19)4-5-15(13)25-16-14(17)9-23-10-24-16/h4-5,8-11H,2-3,6-7H2,1H3,(H,23,24,25). The van der Waals surface area contributed by atoms with Crippen molar-refractivity contribution in [3.63, 3.8) is 0 Å². The Morgan fingerprint density at radius 3 is 2.70 bits per heavy atom. The van der Waals surface area contributed by atoms with Gasteiger partial charge in [0.2, 0.25) is 5.60 Å². The molecule has 9 heteroatoms. The highest BCUT2D eigenvalue weighted by Crippen LogP contribution is 2.55. The molecule has 5 nitrogen and oxygen atoms in total. The number of benzene rings is 1. The monoisotopic (exact) mass is 398 g/mol. The Labute approximate surface area is 159 Å². The Bertz CT molecular complexity index is 857. The minimum Gasteiger partial charge on any atom is -0.339 e. The van der Waals surface area contributed by atoms with Crippen LogP contribution in [0.3, 0.4) is 0 Å². The molecule has 4 rings (SSSR count). The maximum Gasteiger partial charge on any atom is 0.426 e. The molecule has 0 bridgehead atoms. The molecule has 1 saturated heterocycles. The largest absolute Gasteiger partial charge is 0.426 e. The Kier molecular flexibility index (Phi) is 4.52. The number of anilines is 2. The summed E-state index contributed by atoms with van der Waals surface area (Å²) in [4.78, 5) is 9.74. The van der Waals surface area contributed by atoms with Crippen molar-refractivity contribution < 1.29 is 17.9 Å². The van der Waals surface area contributed by atoms with Crippen molar-refractivity contribution in [2.75, 3.05) is 18.4 Å². The number of ether oxygens (including phenoxy) is 1. The second-order valence-electron chi connectivity index (χ2n) is 6.74. The minimum absolute atomic E-state index is 0.0748. The van der Waals surface area contributed by atoms with Crippen molar-refractivity contribution >= 4 is 23.1 Å². The molecular weight excluding hydrogens is 381 g/mol. The third-order valence-electron chi connectivity index (χ3n) is 5.11. The average molecular weight is 399 g/mol. The van der Waals surface area contributed by atoms with Crippen LogP contribution in [-0.2, 0) is 10.3 Å². The summed E-state index contributed by atoms with van der Waals surface area (Å²) in [7, 11) is 0. The van der Waals surface area contributed by atoms with Gasteiger partial charge in [0.15, 0.2) is 0 Å². The number of nitrogens with one attached hydrogen (secondary N) is 1. The van der Waals surface area contributed by atoms with E-state index in [-0.39, 0.29) is 27.7 Å². The van der Waals surface area contributed by atoms with E-state index in [0.717, 1.165) is 19.0 Å². The van der Waals surface area contributed by atoms with E-state index in [0.29, 0.717) is 13.1 Å². The third-order valence-corrected chi connectivity index (χ3v) is 5.34. The highest BCUT2D eigenvalue weighted by Gasteiger charge is 2.63. The smallest absolute Gasteiger partial charge is 0.339 e. The summed E-state index contributed by atoms with van der Waals surface area (Å²) in [5.41, 5.74) is -2.71. The van der Waals surface area contributed by atoms with Gasteiger partial charge in [-0.2, -0.15) is 13.2 Å². The average Bonchev–Trinajstić information content (AvgIpc) is 3.15. The van der Waals surface area contributed by atoms with E-state index in [2.05, 4.69) is 15.3 Å². The summed E-state index contributed by atoms with van der Waals surface area (Å²) >= 11 is 6.05. The molecule has 0 aliphatic carbocycles. The number of halogens is 4. The van der Waals surface area contributed by atoms with Gasteiger partial charge < -0.3 is 10.1 Å². The van der Waals surface area contributed by atoms with Gasteiger partial charge in [-0.3, -0.25) is 4.90 Å². The van der Waals surface area contributed by atoms with Gasteiger partial charge in [-0.15, -0.1) is 0 Å². The van der Waals surface area contributed by atoms with Crippen molar-refractivity contribution in [1.82, 2.24) is 14.9 Å². The summed E-state index contributed by atoms with van der Waals surface area (Å²) in [6.07, 6.45) is -1.25. The van der Waals surface area contributed by atoms with E-state index in [9.17, 15) is 13.2 Å². The van der Waals surface area contributed by atoms with E-state index in [1.807, 2.05) is 4.90 Å². The number of hydrogen-bond acceptors (Lipinski definition) is 5. The lowest BCUT2D eigenvalue weighted by atomic mass is 9.82. The molecule has 1 aromatic heterocycles. The molecule has 2 aliphatic heterocycles. The lowest BCUT2D eigenvalue weighted by molar-refractivity contribution is -0.292. The van der Waals surface area contributed by atoms with Gasteiger partial charge in [0.05, 0.1) is 5.56 Å². The van der Waals surface area contributed by atoms with Gasteiger partial charge in [-0.1, -0.05) is 11.6 Å². The lowest BCUT2D eigenvalue weighted by Crippen LogP contribution is -2.52. The van der Waals surface area contributed by atoms with Gasteiger partial charge in [0.1, 0.15) is 18.4 Å². The van der Waals surface area contributed by atoms with Crippen LogP contribution < -0.4 is 5.32 Å². The summed E-state index contributed by atoms with van der Waals surface area (Å²) in [5, 5.41) is 3.13. The normalized spacial score (nSPS) is 23.4. The van der Waals surface area contributed by atoms with Crippen LogP contribution in [-0.4, -0.2) is 40.4 Å². The van der Waals surface area contributed by atoms with Crippen LogP contribution in [0, 0.1) is 0 Å². The number of fused-ring (bicyclic) bond motifs is 2. The van der Waals surface area contributed by atoms with E-state index in [1.54, 1.807) is 6.92 Å². The predicted molar refractivity (Wildman–Crippen MR) is 95.0 cm³/mol. The predicted octanol–water partition coefficient (Wildman–Crippen LogP) is 4.45. The molecule has 0 saturated carbocycles. The van der Waals surface area contributed by atoms with Crippen molar-refractivity contribution in [2.45, 2.75) is 37.8 Å². The first-order valence-electron chi connectivity index (χ1n) is 8.69. The minimum atomic E-state index is -4.75. The fourth-order valence-corrected chi connectivity index (χ4v) is 3.98. The van der Waals surface area contributed by atoms with Crippen molar-refractivity contribution in [3.05, 3.63) is 46.9 Å². The summed E-state index contributed by atoms with van der Waals surface area (Å²) in [6.45, 7) is 3.05. The van der Waals surface area contributed by atoms with Crippen LogP contribution >= 0.6 is 11.6 Å². The number of hydrogen-bond donors (Lipinski definition) is 1. The highest BCUT2D eigenvalue weighted by molar-refractivity contribution is 6.30. The molecule has 1 N–H and O–H groups in total. The van der Waals surface area contributed by atoms with Crippen molar-refractivity contribution in [3.8, 4) is 0 Å². The number of aromatic nitrogens is 2. The van der Waals surface area contributed by atoms with Crippen LogP contribution in [0.2, 0.25) is 5.02 Å².